The highest BCUT2D eigenvalue weighted by atomic mass is 16.5. The van der Waals surface area contributed by atoms with Crippen molar-refractivity contribution in [2.24, 2.45) is 0 Å². The highest BCUT2D eigenvalue weighted by molar-refractivity contribution is 5.82. The molecule has 0 bridgehead atoms. The molecule has 0 aliphatic rings. The molecule has 0 radical (unpaired) electrons. The van der Waals surface area contributed by atoms with Crippen molar-refractivity contribution in [1.82, 2.24) is 0 Å². The number of carbonyl (C=O) groups excluding carboxylic acids is 2. The van der Waals surface area contributed by atoms with Gasteiger partial charge in [0, 0.05) is 12.5 Å². The van der Waals surface area contributed by atoms with Gasteiger partial charge in [0.1, 0.15) is 0 Å². The Bertz CT molecular complexity index is 292. The van der Waals surface area contributed by atoms with Gasteiger partial charge in [-0.15, -0.1) is 0 Å². The first-order valence-electron chi connectivity index (χ1n) is 6.40. The molecule has 0 aliphatic heterocycles. The molecule has 0 rings (SSSR count). The molecule has 0 heterocycles. The Morgan fingerprint density at radius 3 is 2.44 bits per heavy atom. The van der Waals surface area contributed by atoms with Crippen LogP contribution >= 0.6 is 0 Å². The van der Waals surface area contributed by atoms with Crippen molar-refractivity contribution >= 4 is 11.9 Å². The van der Waals surface area contributed by atoms with Crippen molar-refractivity contribution in [1.29, 1.82) is 0 Å². The van der Waals surface area contributed by atoms with E-state index in [2.05, 4.69) is 0 Å². The molecule has 0 aliphatic carbocycles. The van der Waals surface area contributed by atoms with Gasteiger partial charge in [0.15, 0.2) is 0 Å². The second-order valence-electron chi connectivity index (χ2n) is 3.80. The predicted molar refractivity (Wildman–Crippen MR) is 69.8 cm³/mol. The number of rotatable bonds is 9. The number of allylic oxidation sites excluding steroid dienone is 2. The lowest BCUT2D eigenvalue weighted by atomic mass is 10.3. The number of unbranched alkanes of at least 4 members (excludes halogenated alkanes) is 2. The van der Waals surface area contributed by atoms with Crippen LogP contribution in [-0.2, 0) is 19.1 Å². The lowest BCUT2D eigenvalue weighted by molar-refractivity contribution is -0.138. The molecule has 102 valence electrons. The molecule has 0 spiro atoms. The van der Waals surface area contributed by atoms with E-state index >= 15 is 0 Å². The smallest absolute Gasteiger partial charge is 0.330 e. The number of ether oxygens (including phenoxy) is 2. The second-order valence-corrected chi connectivity index (χ2v) is 3.80. The zero-order valence-electron chi connectivity index (χ0n) is 11.2. The van der Waals surface area contributed by atoms with Crippen LogP contribution in [0.4, 0.5) is 0 Å². The van der Waals surface area contributed by atoms with Crippen LogP contribution in [-0.4, -0.2) is 18.5 Å². The van der Waals surface area contributed by atoms with Crippen molar-refractivity contribution in [3.63, 3.8) is 0 Å². The summed E-state index contributed by atoms with van der Waals surface area (Å²) in [7, 11) is 0. The van der Waals surface area contributed by atoms with Crippen LogP contribution in [0.25, 0.3) is 0 Å². The molecule has 0 atom stereocenters. The first-order chi connectivity index (χ1) is 8.70. The molecule has 0 aromatic heterocycles. The Kier molecular flexibility index (Phi) is 10.8. The summed E-state index contributed by atoms with van der Waals surface area (Å²) in [6.07, 6.45) is 9.61. The summed E-state index contributed by atoms with van der Waals surface area (Å²) in [4.78, 5) is 22.2. The molecule has 0 unspecified atom stereocenters. The average molecular weight is 254 g/mol. The van der Waals surface area contributed by atoms with Gasteiger partial charge in [0.05, 0.1) is 12.9 Å². The third-order valence-electron chi connectivity index (χ3n) is 2.10. The monoisotopic (exact) mass is 254 g/mol. The van der Waals surface area contributed by atoms with Crippen LogP contribution < -0.4 is 0 Å². The molecule has 0 aromatic rings. The Hall–Kier alpha value is -1.58. The number of carbonyl (C=O) groups is 2. The highest BCUT2D eigenvalue weighted by Crippen LogP contribution is 1.97. The van der Waals surface area contributed by atoms with Crippen LogP contribution in [0.5, 0.6) is 0 Å². The molecule has 0 saturated heterocycles. The predicted octanol–water partition coefficient (Wildman–Crippen LogP) is 3.13. The van der Waals surface area contributed by atoms with E-state index < -0.39 is 0 Å². The minimum Gasteiger partial charge on any atom is -0.463 e. The van der Waals surface area contributed by atoms with Crippen molar-refractivity contribution in [2.45, 2.75) is 46.0 Å². The zero-order chi connectivity index (χ0) is 13.6. The van der Waals surface area contributed by atoms with E-state index in [4.69, 9.17) is 9.47 Å². The van der Waals surface area contributed by atoms with Gasteiger partial charge in [-0.1, -0.05) is 32.8 Å². The first kappa shape index (κ1) is 16.4. The molecule has 4 nitrogen and oxygen atoms in total. The van der Waals surface area contributed by atoms with E-state index in [0.29, 0.717) is 13.0 Å². The first-order valence-corrected chi connectivity index (χ1v) is 6.40. The van der Waals surface area contributed by atoms with E-state index in [-0.39, 0.29) is 11.9 Å². The molecule has 0 fully saturated rings. The molecule has 4 heteroatoms. The van der Waals surface area contributed by atoms with Crippen molar-refractivity contribution in [3.05, 3.63) is 24.5 Å². The van der Waals surface area contributed by atoms with Gasteiger partial charge in [-0.3, -0.25) is 4.79 Å². The average Bonchev–Trinajstić information content (AvgIpc) is 2.36. The molecular weight excluding hydrogens is 232 g/mol. The largest absolute Gasteiger partial charge is 0.463 e. The van der Waals surface area contributed by atoms with Crippen LogP contribution in [0.3, 0.4) is 0 Å². The number of hydrogen-bond acceptors (Lipinski definition) is 4. The summed E-state index contributed by atoms with van der Waals surface area (Å²) in [6, 6.07) is 0. The van der Waals surface area contributed by atoms with Gasteiger partial charge < -0.3 is 9.47 Å². The number of esters is 2. The third-order valence-corrected chi connectivity index (χ3v) is 2.10. The molecule has 18 heavy (non-hydrogen) atoms. The van der Waals surface area contributed by atoms with E-state index in [9.17, 15) is 9.59 Å². The molecule has 0 amide bonds. The maximum absolute atomic E-state index is 11.1. The Morgan fingerprint density at radius 2 is 1.78 bits per heavy atom. The molecule has 0 saturated carbocycles. The topological polar surface area (TPSA) is 52.6 Å². The van der Waals surface area contributed by atoms with Gasteiger partial charge in [0.25, 0.3) is 0 Å². The highest BCUT2D eigenvalue weighted by Gasteiger charge is 1.98. The van der Waals surface area contributed by atoms with Gasteiger partial charge in [-0.2, -0.15) is 0 Å². The standard InChI is InChI=1S/C14H22O4/c1-3-5-9-13(15)18-12-8-7-10-14(16)17-11-6-4-2/h7-8,10,12H,3-6,9,11H2,1-2H3/b10-7+,12-8+. The summed E-state index contributed by atoms with van der Waals surface area (Å²) >= 11 is 0. The zero-order valence-corrected chi connectivity index (χ0v) is 11.2. The maximum atomic E-state index is 11.1. The Labute approximate surface area is 109 Å². The fraction of sp³-hybridized carbons (Fsp3) is 0.571. The Morgan fingerprint density at radius 1 is 1.06 bits per heavy atom. The molecular formula is C14H22O4. The summed E-state index contributed by atoms with van der Waals surface area (Å²) in [5, 5.41) is 0. The lowest BCUT2D eigenvalue weighted by Gasteiger charge is -1.98. The molecule has 0 aromatic carbocycles. The van der Waals surface area contributed by atoms with Crippen LogP contribution in [0, 0.1) is 0 Å². The van der Waals surface area contributed by atoms with E-state index in [1.54, 1.807) is 0 Å². The minimum absolute atomic E-state index is 0.257. The fourth-order valence-corrected chi connectivity index (χ4v) is 1.04. The second kappa shape index (κ2) is 11.9. The molecule has 0 N–H and O–H groups in total. The fourth-order valence-electron chi connectivity index (χ4n) is 1.04. The van der Waals surface area contributed by atoms with E-state index in [0.717, 1.165) is 25.7 Å². The summed E-state index contributed by atoms with van der Waals surface area (Å²) in [5.74, 6) is -0.641. The Balaban J connectivity index is 3.67. The van der Waals surface area contributed by atoms with Crippen molar-refractivity contribution < 1.29 is 19.1 Å². The van der Waals surface area contributed by atoms with Crippen LogP contribution in [0.2, 0.25) is 0 Å². The number of hydrogen-bond donors (Lipinski definition) is 0. The van der Waals surface area contributed by atoms with Crippen molar-refractivity contribution in [3.8, 4) is 0 Å². The van der Waals surface area contributed by atoms with Crippen LogP contribution in [0.15, 0.2) is 24.5 Å². The normalized spacial score (nSPS) is 11.0. The van der Waals surface area contributed by atoms with Gasteiger partial charge in [-0.25, -0.2) is 4.79 Å². The summed E-state index contributed by atoms with van der Waals surface area (Å²) < 4.78 is 9.70. The van der Waals surface area contributed by atoms with Crippen molar-refractivity contribution in [2.75, 3.05) is 6.61 Å². The van der Waals surface area contributed by atoms with Gasteiger partial charge in [0.2, 0.25) is 0 Å². The van der Waals surface area contributed by atoms with E-state index in [1.807, 2.05) is 13.8 Å². The minimum atomic E-state index is -0.384. The lowest BCUT2D eigenvalue weighted by Crippen LogP contribution is -2.01. The van der Waals surface area contributed by atoms with Gasteiger partial charge in [-0.05, 0) is 18.9 Å². The van der Waals surface area contributed by atoms with E-state index in [1.165, 1.54) is 24.5 Å². The van der Waals surface area contributed by atoms with Gasteiger partial charge >= 0.3 is 11.9 Å². The third kappa shape index (κ3) is 10.9. The summed E-state index contributed by atoms with van der Waals surface area (Å²) in [5.41, 5.74) is 0. The maximum Gasteiger partial charge on any atom is 0.330 e. The SMILES string of the molecule is CCCCOC(=O)/C=C/C=C/OC(=O)CCCC. The van der Waals surface area contributed by atoms with Crippen LogP contribution in [0.1, 0.15) is 46.0 Å². The summed E-state index contributed by atoms with van der Waals surface area (Å²) in [6.45, 7) is 4.48. The quantitative estimate of drug-likeness (QED) is 0.208.